The second-order valence-electron chi connectivity index (χ2n) is 4.67. The number of hydrogen-bond acceptors (Lipinski definition) is 4. The largest absolute Gasteiger partial charge is 0.392 e. The van der Waals surface area contributed by atoms with Crippen LogP contribution in [0.2, 0.25) is 0 Å². The van der Waals surface area contributed by atoms with Crippen molar-refractivity contribution in [2.45, 2.75) is 44.6 Å². The van der Waals surface area contributed by atoms with Crippen LogP contribution in [0.15, 0.2) is 0 Å². The monoisotopic (exact) mass is 215 g/mol. The molecule has 0 aromatic carbocycles. The Kier molecular flexibility index (Phi) is 3.97. The summed E-state index contributed by atoms with van der Waals surface area (Å²) in [4.78, 5) is 0. The van der Waals surface area contributed by atoms with Crippen LogP contribution in [0.4, 0.5) is 0 Å². The SMILES string of the molecule is C[C@H]1CN[C@H](C(O)CCC2OCCO2)C1. The molecule has 2 aliphatic rings. The fourth-order valence-corrected chi connectivity index (χ4v) is 2.33. The van der Waals surface area contributed by atoms with Gasteiger partial charge in [-0.3, -0.25) is 0 Å². The fraction of sp³-hybridized carbons (Fsp3) is 1.00. The Hall–Kier alpha value is -0.160. The lowest BCUT2D eigenvalue weighted by Crippen LogP contribution is -2.35. The Morgan fingerprint density at radius 2 is 2.13 bits per heavy atom. The molecule has 88 valence electrons. The first kappa shape index (κ1) is 11.3. The van der Waals surface area contributed by atoms with Crippen molar-refractivity contribution in [3.63, 3.8) is 0 Å². The first-order valence-corrected chi connectivity index (χ1v) is 5.90. The predicted molar refractivity (Wildman–Crippen MR) is 56.5 cm³/mol. The highest BCUT2D eigenvalue weighted by Crippen LogP contribution is 2.20. The van der Waals surface area contributed by atoms with Crippen molar-refractivity contribution in [3.05, 3.63) is 0 Å². The van der Waals surface area contributed by atoms with Gasteiger partial charge in [-0.15, -0.1) is 0 Å². The number of nitrogens with one attached hydrogen (secondary N) is 1. The molecule has 1 unspecified atom stereocenters. The normalized spacial score (nSPS) is 34.8. The van der Waals surface area contributed by atoms with Crippen molar-refractivity contribution in [3.8, 4) is 0 Å². The number of hydrogen-bond donors (Lipinski definition) is 2. The lowest BCUT2D eigenvalue weighted by Gasteiger charge is -2.19. The quantitative estimate of drug-likeness (QED) is 0.717. The summed E-state index contributed by atoms with van der Waals surface area (Å²) < 4.78 is 10.7. The standard InChI is InChI=1S/C11H21NO3/c1-8-6-9(12-7-8)10(13)2-3-11-14-4-5-15-11/h8-13H,2-7H2,1H3/t8-,9+,10?/m1/s1. The van der Waals surface area contributed by atoms with Gasteiger partial charge >= 0.3 is 0 Å². The second-order valence-corrected chi connectivity index (χ2v) is 4.67. The summed E-state index contributed by atoms with van der Waals surface area (Å²) in [5, 5.41) is 13.3. The molecule has 4 nitrogen and oxygen atoms in total. The molecule has 15 heavy (non-hydrogen) atoms. The van der Waals surface area contributed by atoms with Crippen LogP contribution in [-0.2, 0) is 9.47 Å². The van der Waals surface area contributed by atoms with E-state index in [-0.39, 0.29) is 18.4 Å². The Morgan fingerprint density at radius 3 is 2.73 bits per heavy atom. The molecule has 0 amide bonds. The maximum absolute atomic E-state index is 9.95. The summed E-state index contributed by atoms with van der Waals surface area (Å²) in [7, 11) is 0. The molecule has 0 saturated carbocycles. The topological polar surface area (TPSA) is 50.7 Å². The van der Waals surface area contributed by atoms with Gasteiger partial charge < -0.3 is 19.9 Å². The van der Waals surface area contributed by atoms with E-state index in [1.165, 1.54) is 0 Å². The Balaban J connectivity index is 1.65. The lowest BCUT2D eigenvalue weighted by atomic mass is 10.0. The third kappa shape index (κ3) is 3.14. The smallest absolute Gasteiger partial charge is 0.157 e. The number of aliphatic hydroxyl groups excluding tert-OH is 1. The molecule has 2 heterocycles. The molecule has 2 N–H and O–H groups in total. The molecule has 2 aliphatic heterocycles. The van der Waals surface area contributed by atoms with Crippen LogP contribution in [0.3, 0.4) is 0 Å². The summed E-state index contributed by atoms with van der Waals surface area (Å²) in [6.07, 6.45) is 2.29. The minimum Gasteiger partial charge on any atom is -0.392 e. The number of rotatable bonds is 4. The predicted octanol–water partition coefficient (Wildman–Crippen LogP) is 0.498. The first-order valence-electron chi connectivity index (χ1n) is 5.90. The highest BCUT2D eigenvalue weighted by Gasteiger charge is 2.28. The number of ether oxygens (including phenoxy) is 2. The molecule has 0 aromatic heterocycles. The maximum atomic E-state index is 9.95. The third-order valence-corrected chi connectivity index (χ3v) is 3.24. The van der Waals surface area contributed by atoms with Gasteiger partial charge in [0.1, 0.15) is 0 Å². The van der Waals surface area contributed by atoms with Gasteiger partial charge in [-0.25, -0.2) is 0 Å². The van der Waals surface area contributed by atoms with E-state index in [9.17, 15) is 5.11 Å². The van der Waals surface area contributed by atoms with E-state index >= 15 is 0 Å². The molecule has 0 aromatic rings. The summed E-state index contributed by atoms with van der Waals surface area (Å²) >= 11 is 0. The minimum atomic E-state index is -0.261. The van der Waals surface area contributed by atoms with Gasteiger partial charge in [0.15, 0.2) is 6.29 Å². The van der Waals surface area contributed by atoms with E-state index in [4.69, 9.17) is 9.47 Å². The third-order valence-electron chi connectivity index (χ3n) is 3.24. The molecule has 4 heteroatoms. The van der Waals surface area contributed by atoms with Crippen molar-refractivity contribution in [1.29, 1.82) is 0 Å². The fourth-order valence-electron chi connectivity index (χ4n) is 2.33. The second kappa shape index (κ2) is 5.25. The van der Waals surface area contributed by atoms with Crippen LogP contribution in [0.25, 0.3) is 0 Å². The Bertz CT molecular complexity index is 194. The molecule has 0 radical (unpaired) electrons. The van der Waals surface area contributed by atoms with Crippen molar-refractivity contribution < 1.29 is 14.6 Å². The summed E-state index contributed by atoms with van der Waals surface area (Å²) in [5.41, 5.74) is 0. The van der Waals surface area contributed by atoms with Crippen LogP contribution >= 0.6 is 0 Å². The van der Waals surface area contributed by atoms with Crippen molar-refractivity contribution in [1.82, 2.24) is 5.32 Å². The summed E-state index contributed by atoms with van der Waals surface area (Å²) in [6.45, 7) is 4.63. The van der Waals surface area contributed by atoms with Gasteiger partial charge in [0.05, 0.1) is 19.3 Å². The molecule has 0 aliphatic carbocycles. The maximum Gasteiger partial charge on any atom is 0.157 e. The Labute approximate surface area is 90.9 Å². The van der Waals surface area contributed by atoms with E-state index in [0.29, 0.717) is 19.1 Å². The molecule has 2 fully saturated rings. The summed E-state index contributed by atoms with van der Waals surface area (Å²) in [6, 6.07) is 0.265. The average Bonchev–Trinajstić information content (AvgIpc) is 2.84. The zero-order valence-corrected chi connectivity index (χ0v) is 9.32. The highest BCUT2D eigenvalue weighted by atomic mass is 16.7. The zero-order valence-electron chi connectivity index (χ0n) is 9.32. The van der Waals surface area contributed by atoms with E-state index in [1.54, 1.807) is 0 Å². The van der Waals surface area contributed by atoms with Crippen LogP contribution in [-0.4, -0.2) is 43.3 Å². The van der Waals surface area contributed by atoms with Gasteiger partial charge in [0.2, 0.25) is 0 Å². The van der Waals surface area contributed by atoms with Crippen LogP contribution < -0.4 is 5.32 Å². The van der Waals surface area contributed by atoms with Gasteiger partial charge in [-0.1, -0.05) is 6.92 Å². The molecule has 0 spiro atoms. The van der Waals surface area contributed by atoms with Crippen LogP contribution in [0.1, 0.15) is 26.2 Å². The van der Waals surface area contributed by atoms with Crippen molar-refractivity contribution in [2.75, 3.05) is 19.8 Å². The molecule has 2 saturated heterocycles. The van der Waals surface area contributed by atoms with Crippen LogP contribution in [0.5, 0.6) is 0 Å². The van der Waals surface area contributed by atoms with E-state index in [0.717, 1.165) is 25.8 Å². The summed E-state index contributed by atoms with van der Waals surface area (Å²) in [5.74, 6) is 0.684. The van der Waals surface area contributed by atoms with E-state index in [2.05, 4.69) is 12.2 Å². The molecular weight excluding hydrogens is 194 g/mol. The molecule has 3 atom stereocenters. The van der Waals surface area contributed by atoms with Crippen LogP contribution in [0, 0.1) is 5.92 Å². The van der Waals surface area contributed by atoms with Gasteiger partial charge in [-0.05, 0) is 25.3 Å². The molecule has 0 bridgehead atoms. The lowest BCUT2D eigenvalue weighted by molar-refractivity contribution is -0.0554. The van der Waals surface area contributed by atoms with Crippen molar-refractivity contribution >= 4 is 0 Å². The van der Waals surface area contributed by atoms with E-state index < -0.39 is 0 Å². The molecular formula is C11H21NO3. The average molecular weight is 215 g/mol. The molecule has 2 rings (SSSR count). The minimum absolute atomic E-state index is 0.0847. The van der Waals surface area contributed by atoms with E-state index in [1.807, 2.05) is 0 Å². The van der Waals surface area contributed by atoms with Gasteiger partial charge in [-0.2, -0.15) is 0 Å². The number of aliphatic hydroxyl groups is 1. The van der Waals surface area contributed by atoms with Gasteiger partial charge in [0.25, 0.3) is 0 Å². The zero-order chi connectivity index (χ0) is 10.7. The van der Waals surface area contributed by atoms with Crippen molar-refractivity contribution in [2.24, 2.45) is 5.92 Å². The Morgan fingerprint density at radius 1 is 1.40 bits per heavy atom. The first-order chi connectivity index (χ1) is 7.25. The highest BCUT2D eigenvalue weighted by molar-refractivity contribution is 4.84. The van der Waals surface area contributed by atoms with Gasteiger partial charge in [0, 0.05) is 12.5 Å².